The first kappa shape index (κ1) is 20.1. The SMILES string of the molecule is COc1ccccc1NC(=O)Cn1c(N(C)Cc2ccccc2)nc(C)cc1=O. The number of nitrogens with zero attached hydrogens (tertiary/aromatic N) is 3. The first-order valence-electron chi connectivity index (χ1n) is 9.24. The van der Waals surface area contributed by atoms with Crippen molar-refractivity contribution >= 4 is 17.5 Å². The molecule has 0 bridgehead atoms. The maximum Gasteiger partial charge on any atom is 0.255 e. The number of rotatable bonds is 7. The molecule has 1 heterocycles. The Morgan fingerprint density at radius 1 is 1.14 bits per heavy atom. The molecular weight excluding hydrogens is 368 g/mol. The predicted octanol–water partition coefficient (Wildman–Crippen LogP) is 2.84. The summed E-state index contributed by atoms with van der Waals surface area (Å²) in [6.07, 6.45) is 0. The summed E-state index contributed by atoms with van der Waals surface area (Å²) < 4.78 is 6.64. The zero-order chi connectivity index (χ0) is 20.8. The molecule has 0 fully saturated rings. The van der Waals surface area contributed by atoms with Crippen molar-refractivity contribution in [3.05, 3.63) is 82.3 Å². The fourth-order valence-corrected chi connectivity index (χ4v) is 3.05. The number of amides is 1. The molecule has 1 aromatic heterocycles. The summed E-state index contributed by atoms with van der Waals surface area (Å²) >= 11 is 0. The van der Waals surface area contributed by atoms with Crippen LogP contribution in [0.2, 0.25) is 0 Å². The van der Waals surface area contributed by atoms with E-state index in [0.29, 0.717) is 29.6 Å². The maximum atomic E-state index is 12.6. The lowest BCUT2D eigenvalue weighted by molar-refractivity contribution is -0.116. The molecule has 7 nitrogen and oxygen atoms in total. The lowest BCUT2D eigenvalue weighted by atomic mass is 10.2. The number of aromatic nitrogens is 2. The molecule has 0 radical (unpaired) electrons. The van der Waals surface area contributed by atoms with Gasteiger partial charge in [-0.3, -0.25) is 14.2 Å². The van der Waals surface area contributed by atoms with Gasteiger partial charge >= 0.3 is 0 Å². The average Bonchev–Trinajstić information content (AvgIpc) is 2.71. The predicted molar refractivity (Wildman–Crippen MR) is 113 cm³/mol. The van der Waals surface area contributed by atoms with Crippen molar-refractivity contribution in [1.29, 1.82) is 0 Å². The number of nitrogens with one attached hydrogen (secondary N) is 1. The molecule has 0 saturated heterocycles. The molecule has 0 aliphatic carbocycles. The van der Waals surface area contributed by atoms with E-state index in [1.54, 1.807) is 25.1 Å². The minimum Gasteiger partial charge on any atom is -0.495 e. The van der Waals surface area contributed by atoms with Crippen molar-refractivity contribution in [2.24, 2.45) is 0 Å². The lowest BCUT2D eigenvalue weighted by Gasteiger charge is -2.22. The van der Waals surface area contributed by atoms with Gasteiger partial charge in [-0.2, -0.15) is 0 Å². The molecule has 3 rings (SSSR count). The molecular formula is C22H24N4O3. The summed E-state index contributed by atoms with van der Waals surface area (Å²) in [5, 5.41) is 2.80. The molecule has 0 aliphatic heterocycles. The van der Waals surface area contributed by atoms with Crippen molar-refractivity contribution in [2.45, 2.75) is 20.0 Å². The number of anilines is 2. The second-order valence-corrected chi connectivity index (χ2v) is 6.71. The van der Waals surface area contributed by atoms with Gasteiger partial charge in [-0.05, 0) is 24.6 Å². The van der Waals surface area contributed by atoms with Gasteiger partial charge in [0.05, 0.1) is 12.8 Å². The van der Waals surface area contributed by atoms with E-state index >= 15 is 0 Å². The van der Waals surface area contributed by atoms with Gasteiger partial charge < -0.3 is 15.0 Å². The van der Waals surface area contributed by atoms with Crippen LogP contribution in [0.15, 0.2) is 65.5 Å². The Kier molecular flexibility index (Phi) is 6.29. The minimum absolute atomic E-state index is 0.154. The summed E-state index contributed by atoms with van der Waals surface area (Å²) in [4.78, 5) is 31.6. The van der Waals surface area contributed by atoms with Gasteiger partial charge in [-0.25, -0.2) is 4.98 Å². The van der Waals surface area contributed by atoms with Gasteiger partial charge in [0.1, 0.15) is 12.3 Å². The molecule has 3 aromatic rings. The Hall–Kier alpha value is -3.61. The standard InChI is InChI=1S/C22H24N4O3/c1-16-13-21(28)26(15-20(27)24-18-11-7-8-12-19(18)29-3)22(23-16)25(2)14-17-9-5-4-6-10-17/h4-13H,14-15H2,1-3H3,(H,24,27). The van der Waals surface area contributed by atoms with Crippen LogP contribution >= 0.6 is 0 Å². The molecule has 0 aliphatic rings. The Balaban J connectivity index is 1.85. The van der Waals surface area contributed by atoms with E-state index in [-0.39, 0.29) is 18.0 Å². The maximum absolute atomic E-state index is 12.6. The summed E-state index contributed by atoms with van der Waals surface area (Å²) in [7, 11) is 3.39. The van der Waals surface area contributed by atoms with E-state index in [1.165, 1.54) is 17.7 Å². The zero-order valence-corrected chi connectivity index (χ0v) is 16.8. The van der Waals surface area contributed by atoms with Crippen LogP contribution in [0.3, 0.4) is 0 Å². The van der Waals surface area contributed by atoms with Crippen molar-refractivity contribution in [3.63, 3.8) is 0 Å². The van der Waals surface area contributed by atoms with Crippen molar-refractivity contribution in [3.8, 4) is 5.75 Å². The van der Waals surface area contributed by atoms with Gasteiger partial charge in [-0.15, -0.1) is 0 Å². The number of ether oxygens (including phenoxy) is 1. The van der Waals surface area contributed by atoms with Crippen LogP contribution in [0.1, 0.15) is 11.3 Å². The minimum atomic E-state index is -0.336. The molecule has 1 N–H and O–H groups in total. The Bertz CT molecular complexity index is 1050. The largest absolute Gasteiger partial charge is 0.495 e. The van der Waals surface area contributed by atoms with E-state index < -0.39 is 0 Å². The lowest BCUT2D eigenvalue weighted by Crippen LogP contribution is -2.34. The fraction of sp³-hybridized carbons (Fsp3) is 0.227. The summed E-state index contributed by atoms with van der Waals surface area (Å²) in [5.41, 5.74) is 1.96. The molecule has 0 atom stereocenters. The molecule has 29 heavy (non-hydrogen) atoms. The van der Waals surface area contributed by atoms with Gasteiger partial charge in [-0.1, -0.05) is 42.5 Å². The van der Waals surface area contributed by atoms with Crippen LogP contribution in [-0.4, -0.2) is 29.6 Å². The Morgan fingerprint density at radius 3 is 2.55 bits per heavy atom. The highest BCUT2D eigenvalue weighted by molar-refractivity contribution is 5.92. The average molecular weight is 392 g/mol. The van der Waals surface area contributed by atoms with E-state index in [0.717, 1.165) is 5.56 Å². The monoisotopic (exact) mass is 392 g/mol. The topological polar surface area (TPSA) is 76.5 Å². The first-order valence-corrected chi connectivity index (χ1v) is 9.24. The van der Waals surface area contributed by atoms with Crippen LogP contribution < -0.4 is 20.5 Å². The third-order valence-corrected chi connectivity index (χ3v) is 4.40. The van der Waals surface area contributed by atoms with Crippen LogP contribution in [0.5, 0.6) is 5.75 Å². The van der Waals surface area contributed by atoms with Crippen LogP contribution in [0.25, 0.3) is 0 Å². The number of carbonyl (C=O) groups excluding carboxylic acids is 1. The van der Waals surface area contributed by atoms with E-state index in [9.17, 15) is 9.59 Å². The zero-order valence-electron chi connectivity index (χ0n) is 16.8. The number of aryl methyl sites for hydroxylation is 1. The summed E-state index contributed by atoms with van der Waals surface area (Å²) in [6.45, 7) is 2.17. The first-order chi connectivity index (χ1) is 14.0. The van der Waals surface area contributed by atoms with Gasteiger partial charge in [0, 0.05) is 25.4 Å². The Morgan fingerprint density at radius 2 is 1.83 bits per heavy atom. The number of carbonyl (C=O) groups is 1. The van der Waals surface area contributed by atoms with Gasteiger partial charge in [0.2, 0.25) is 11.9 Å². The number of benzene rings is 2. The highest BCUT2D eigenvalue weighted by Crippen LogP contribution is 2.23. The van der Waals surface area contributed by atoms with E-state index in [4.69, 9.17) is 4.74 Å². The number of hydrogen-bond donors (Lipinski definition) is 1. The van der Waals surface area contributed by atoms with E-state index in [1.807, 2.05) is 48.3 Å². The fourth-order valence-electron chi connectivity index (χ4n) is 3.05. The number of hydrogen-bond acceptors (Lipinski definition) is 5. The third-order valence-electron chi connectivity index (χ3n) is 4.40. The molecule has 0 saturated carbocycles. The second-order valence-electron chi connectivity index (χ2n) is 6.71. The molecule has 1 amide bonds. The van der Waals surface area contributed by atoms with Crippen LogP contribution in [0.4, 0.5) is 11.6 Å². The van der Waals surface area contributed by atoms with Crippen LogP contribution in [0, 0.1) is 6.92 Å². The molecule has 150 valence electrons. The molecule has 0 spiro atoms. The normalized spacial score (nSPS) is 10.4. The Labute approximate surface area is 169 Å². The molecule has 7 heteroatoms. The van der Waals surface area contributed by atoms with Gasteiger partial charge in [0.15, 0.2) is 0 Å². The summed E-state index contributed by atoms with van der Waals surface area (Å²) in [5.74, 6) is 0.655. The van der Waals surface area contributed by atoms with Gasteiger partial charge in [0.25, 0.3) is 5.56 Å². The highest BCUT2D eigenvalue weighted by atomic mass is 16.5. The van der Waals surface area contributed by atoms with Crippen molar-refractivity contribution < 1.29 is 9.53 Å². The summed E-state index contributed by atoms with van der Waals surface area (Å²) in [6, 6.07) is 18.4. The van der Waals surface area contributed by atoms with Crippen LogP contribution in [-0.2, 0) is 17.9 Å². The quantitative estimate of drug-likeness (QED) is 0.669. The number of methoxy groups -OCH3 is 1. The second kappa shape index (κ2) is 9.05. The van der Waals surface area contributed by atoms with E-state index in [2.05, 4.69) is 10.3 Å². The molecule has 0 unspecified atom stereocenters. The highest BCUT2D eigenvalue weighted by Gasteiger charge is 2.16. The van der Waals surface area contributed by atoms with Crippen molar-refractivity contribution in [2.75, 3.05) is 24.4 Å². The molecule has 2 aromatic carbocycles. The third kappa shape index (κ3) is 5.01. The smallest absolute Gasteiger partial charge is 0.255 e. The number of para-hydroxylation sites is 2. The van der Waals surface area contributed by atoms with Crippen molar-refractivity contribution in [1.82, 2.24) is 9.55 Å².